The molecule has 0 bridgehead atoms. The maximum atomic E-state index is 11.8. The van der Waals surface area contributed by atoms with E-state index in [4.69, 9.17) is 4.74 Å². The fourth-order valence-corrected chi connectivity index (χ4v) is 2.16. The number of carbonyl (C=O) groups is 1. The molecule has 0 radical (unpaired) electrons. The van der Waals surface area contributed by atoms with Crippen LogP contribution in [0.15, 0.2) is 18.2 Å². The fourth-order valence-electron chi connectivity index (χ4n) is 2.16. The number of hydrogen-bond acceptors (Lipinski definition) is 3. The number of benzene rings is 1. The lowest BCUT2D eigenvalue weighted by Crippen LogP contribution is -2.34. The monoisotopic (exact) mass is 321 g/mol. The van der Waals surface area contributed by atoms with E-state index in [1.54, 1.807) is 6.92 Å². The van der Waals surface area contributed by atoms with Gasteiger partial charge in [0.15, 0.2) is 6.61 Å². The van der Waals surface area contributed by atoms with Gasteiger partial charge in [0.2, 0.25) is 0 Å². The molecule has 0 aliphatic carbocycles. The van der Waals surface area contributed by atoms with Gasteiger partial charge in [-0.2, -0.15) is 0 Å². The molecule has 4 heteroatoms. The summed E-state index contributed by atoms with van der Waals surface area (Å²) < 4.78 is 5.73. The number of ether oxygens (including phenoxy) is 1. The Labute approximate surface area is 140 Å². The second-order valence-electron chi connectivity index (χ2n) is 8.15. The number of carbonyl (C=O) groups excluding carboxylic acids is 1. The minimum atomic E-state index is -0.560. The van der Waals surface area contributed by atoms with Gasteiger partial charge in [0.1, 0.15) is 5.75 Å². The maximum Gasteiger partial charge on any atom is 0.258 e. The smallest absolute Gasteiger partial charge is 0.258 e. The van der Waals surface area contributed by atoms with Gasteiger partial charge in [0.25, 0.3) is 5.91 Å². The van der Waals surface area contributed by atoms with Gasteiger partial charge in [-0.3, -0.25) is 4.79 Å². The van der Waals surface area contributed by atoms with Gasteiger partial charge in [-0.25, -0.2) is 0 Å². The van der Waals surface area contributed by atoms with Crippen LogP contribution in [0.5, 0.6) is 5.75 Å². The molecule has 1 rings (SSSR count). The van der Waals surface area contributed by atoms with Gasteiger partial charge in [0, 0.05) is 6.54 Å². The van der Waals surface area contributed by atoms with Crippen molar-refractivity contribution in [2.24, 2.45) is 0 Å². The first-order valence-electron chi connectivity index (χ1n) is 8.14. The fraction of sp³-hybridized carbons (Fsp3) is 0.632. The summed E-state index contributed by atoms with van der Waals surface area (Å²) in [6, 6.07) is 6.17. The van der Waals surface area contributed by atoms with Gasteiger partial charge in [-0.15, -0.1) is 0 Å². The zero-order valence-corrected chi connectivity index (χ0v) is 15.5. The first kappa shape index (κ1) is 19.5. The van der Waals surface area contributed by atoms with Gasteiger partial charge < -0.3 is 15.2 Å². The third-order valence-corrected chi connectivity index (χ3v) is 3.61. The Morgan fingerprint density at radius 3 is 2.26 bits per heavy atom. The molecule has 1 aromatic rings. The van der Waals surface area contributed by atoms with Crippen molar-refractivity contribution in [3.8, 4) is 5.75 Å². The summed E-state index contributed by atoms with van der Waals surface area (Å²) in [6.07, 6.45) is -0.560. The van der Waals surface area contributed by atoms with Crippen LogP contribution in [-0.2, 0) is 15.6 Å². The molecule has 0 fully saturated rings. The van der Waals surface area contributed by atoms with Crippen LogP contribution in [-0.4, -0.2) is 30.3 Å². The average molecular weight is 321 g/mol. The molecule has 1 unspecified atom stereocenters. The first-order valence-corrected chi connectivity index (χ1v) is 8.14. The number of aliphatic hydroxyl groups is 1. The Bertz CT molecular complexity index is 537. The topological polar surface area (TPSA) is 58.6 Å². The van der Waals surface area contributed by atoms with Gasteiger partial charge >= 0.3 is 0 Å². The van der Waals surface area contributed by atoms with Crippen LogP contribution in [0.1, 0.15) is 59.6 Å². The standard InChI is InChI=1S/C19H31NO3/c1-13(21)11-20-17(22)12-23-16-9-8-14(18(2,3)4)10-15(16)19(5,6)7/h8-10,13,21H,11-12H2,1-7H3,(H,20,22). The Kier molecular flexibility index (Phi) is 6.23. The van der Waals surface area contributed by atoms with Crippen LogP contribution in [0.2, 0.25) is 0 Å². The largest absolute Gasteiger partial charge is 0.483 e. The highest BCUT2D eigenvalue weighted by Crippen LogP contribution is 2.35. The Hall–Kier alpha value is -1.55. The van der Waals surface area contributed by atoms with Gasteiger partial charge in [-0.05, 0) is 34.9 Å². The van der Waals surface area contributed by atoms with Gasteiger partial charge in [0.05, 0.1) is 6.10 Å². The van der Waals surface area contributed by atoms with E-state index in [2.05, 4.69) is 59.0 Å². The zero-order chi connectivity index (χ0) is 17.8. The van der Waals surface area contributed by atoms with E-state index < -0.39 is 6.10 Å². The molecule has 0 saturated carbocycles. The van der Waals surface area contributed by atoms with Crippen LogP contribution in [0.3, 0.4) is 0 Å². The lowest BCUT2D eigenvalue weighted by Gasteiger charge is -2.27. The second kappa shape index (κ2) is 7.35. The minimum absolute atomic E-state index is 0.0509. The molecule has 4 nitrogen and oxygen atoms in total. The summed E-state index contributed by atoms with van der Waals surface area (Å²) in [6.45, 7) is 14.8. The number of amides is 1. The van der Waals surface area contributed by atoms with Crippen molar-refractivity contribution >= 4 is 5.91 Å². The summed E-state index contributed by atoms with van der Waals surface area (Å²) in [5, 5.41) is 11.8. The average Bonchev–Trinajstić information content (AvgIpc) is 2.40. The number of aliphatic hydroxyl groups excluding tert-OH is 1. The molecule has 0 saturated heterocycles. The summed E-state index contributed by atoms with van der Waals surface area (Å²) >= 11 is 0. The molecule has 0 heterocycles. The number of rotatable bonds is 5. The molecule has 0 spiro atoms. The highest BCUT2D eigenvalue weighted by molar-refractivity contribution is 5.77. The molecule has 23 heavy (non-hydrogen) atoms. The van der Waals surface area contributed by atoms with Crippen molar-refractivity contribution in [3.63, 3.8) is 0 Å². The van der Waals surface area contributed by atoms with E-state index in [1.165, 1.54) is 5.56 Å². The predicted octanol–water partition coefficient (Wildman–Crippen LogP) is 3.16. The molecule has 0 aliphatic heterocycles. The first-order chi connectivity index (χ1) is 10.4. The summed E-state index contributed by atoms with van der Waals surface area (Å²) in [4.78, 5) is 11.8. The molecule has 0 aromatic heterocycles. The SMILES string of the molecule is CC(O)CNC(=O)COc1ccc(C(C)(C)C)cc1C(C)(C)C. The molecule has 1 aromatic carbocycles. The third-order valence-electron chi connectivity index (χ3n) is 3.61. The van der Waals surface area contributed by atoms with E-state index in [-0.39, 0.29) is 29.9 Å². The minimum Gasteiger partial charge on any atom is -0.483 e. The Morgan fingerprint density at radius 1 is 1.17 bits per heavy atom. The molecular weight excluding hydrogens is 290 g/mol. The summed E-state index contributed by atoms with van der Waals surface area (Å²) in [7, 11) is 0. The van der Waals surface area contributed by atoms with Crippen molar-refractivity contribution in [1.29, 1.82) is 0 Å². The van der Waals surface area contributed by atoms with Crippen LogP contribution in [0.4, 0.5) is 0 Å². The highest BCUT2D eigenvalue weighted by Gasteiger charge is 2.23. The van der Waals surface area contributed by atoms with Crippen molar-refractivity contribution in [1.82, 2.24) is 5.32 Å². The van der Waals surface area contributed by atoms with Crippen LogP contribution < -0.4 is 10.1 Å². The molecule has 0 aliphatic rings. The lowest BCUT2D eigenvalue weighted by atomic mass is 9.80. The molecular formula is C19H31NO3. The zero-order valence-electron chi connectivity index (χ0n) is 15.5. The van der Waals surface area contributed by atoms with Crippen LogP contribution in [0.25, 0.3) is 0 Å². The molecule has 1 amide bonds. The number of hydrogen-bond donors (Lipinski definition) is 2. The van der Waals surface area contributed by atoms with E-state index in [1.807, 2.05) is 6.07 Å². The summed E-state index contributed by atoms with van der Waals surface area (Å²) in [5.74, 6) is 0.503. The van der Waals surface area contributed by atoms with Crippen LogP contribution in [0, 0.1) is 0 Å². The van der Waals surface area contributed by atoms with E-state index >= 15 is 0 Å². The van der Waals surface area contributed by atoms with Crippen molar-refractivity contribution in [2.45, 2.75) is 65.4 Å². The van der Waals surface area contributed by atoms with E-state index in [9.17, 15) is 9.90 Å². The summed E-state index contributed by atoms with van der Waals surface area (Å²) in [5.41, 5.74) is 2.32. The molecule has 130 valence electrons. The number of nitrogens with one attached hydrogen (secondary N) is 1. The van der Waals surface area contributed by atoms with E-state index in [0.29, 0.717) is 0 Å². The highest BCUT2D eigenvalue weighted by atomic mass is 16.5. The molecule has 1 atom stereocenters. The quantitative estimate of drug-likeness (QED) is 0.876. The third kappa shape index (κ3) is 6.22. The van der Waals surface area contributed by atoms with Gasteiger partial charge in [-0.1, -0.05) is 53.7 Å². The molecule has 2 N–H and O–H groups in total. The Morgan fingerprint density at radius 2 is 1.78 bits per heavy atom. The normalized spacial score (nSPS) is 13.6. The van der Waals surface area contributed by atoms with Crippen LogP contribution >= 0.6 is 0 Å². The van der Waals surface area contributed by atoms with Crippen molar-refractivity contribution < 1.29 is 14.6 Å². The maximum absolute atomic E-state index is 11.8. The van der Waals surface area contributed by atoms with Crippen molar-refractivity contribution in [2.75, 3.05) is 13.2 Å². The predicted molar refractivity (Wildman–Crippen MR) is 94.0 cm³/mol. The second-order valence-corrected chi connectivity index (χ2v) is 8.15. The van der Waals surface area contributed by atoms with E-state index in [0.717, 1.165) is 11.3 Å². The lowest BCUT2D eigenvalue weighted by molar-refractivity contribution is -0.123. The Balaban J connectivity index is 2.92. The van der Waals surface area contributed by atoms with Crippen molar-refractivity contribution in [3.05, 3.63) is 29.3 Å².